The fourth-order valence-electron chi connectivity index (χ4n) is 2.87. The minimum Gasteiger partial charge on any atom is -0.352 e. The second-order valence-electron chi connectivity index (χ2n) is 5.93. The van der Waals surface area contributed by atoms with Crippen LogP contribution in [-0.2, 0) is 24.9 Å². The average Bonchev–Trinajstić information content (AvgIpc) is 3.14. The van der Waals surface area contributed by atoms with Crippen LogP contribution in [0.1, 0.15) is 13.3 Å². The maximum Gasteiger partial charge on any atom is 0.328 e. The zero-order valence-electron chi connectivity index (χ0n) is 13.8. The van der Waals surface area contributed by atoms with Crippen LogP contribution in [0.2, 0.25) is 0 Å². The second kappa shape index (κ2) is 6.74. The zero-order valence-corrected chi connectivity index (χ0v) is 13.8. The third-order valence-corrected chi connectivity index (χ3v) is 4.04. The first kappa shape index (κ1) is 16.0. The lowest BCUT2D eigenvalue weighted by Gasteiger charge is -2.14. The largest absolute Gasteiger partial charge is 0.352 e. The molecule has 0 saturated carbocycles. The molecule has 7 heteroatoms. The molecule has 7 nitrogen and oxygen atoms in total. The van der Waals surface area contributed by atoms with Crippen molar-refractivity contribution in [1.29, 1.82) is 0 Å². The Morgan fingerprint density at radius 1 is 1.25 bits per heavy atom. The Kier molecular flexibility index (Phi) is 4.50. The van der Waals surface area contributed by atoms with Gasteiger partial charge in [-0.1, -0.05) is 12.1 Å². The maximum atomic E-state index is 12.3. The van der Waals surface area contributed by atoms with Crippen molar-refractivity contribution in [2.75, 3.05) is 0 Å². The summed E-state index contributed by atoms with van der Waals surface area (Å²) in [4.78, 5) is 24.5. The van der Waals surface area contributed by atoms with E-state index in [4.69, 9.17) is 0 Å². The smallest absolute Gasteiger partial charge is 0.328 e. The summed E-state index contributed by atoms with van der Waals surface area (Å²) in [6, 6.07) is 9.41. The first-order valence-electron chi connectivity index (χ1n) is 7.97. The quantitative estimate of drug-likeness (QED) is 0.737. The van der Waals surface area contributed by atoms with Gasteiger partial charge >= 0.3 is 5.69 Å². The van der Waals surface area contributed by atoms with Crippen LogP contribution in [0.25, 0.3) is 11.0 Å². The Hall–Kier alpha value is -2.83. The van der Waals surface area contributed by atoms with E-state index in [0.29, 0.717) is 13.1 Å². The fourth-order valence-corrected chi connectivity index (χ4v) is 2.87. The highest BCUT2D eigenvalue weighted by atomic mass is 16.2. The molecule has 1 amide bonds. The molecule has 2 aromatic heterocycles. The van der Waals surface area contributed by atoms with Crippen LogP contribution in [0.3, 0.4) is 0 Å². The molecule has 126 valence electrons. The normalized spacial score (nSPS) is 12.4. The summed E-state index contributed by atoms with van der Waals surface area (Å²) >= 11 is 0. The van der Waals surface area contributed by atoms with Gasteiger partial charge in [0.2, 0.25) is 5.91 Å². The molecule has 0 aliphatic heterocycles. The van der Waals surface area contributed by atoms with E-state index in [1.165, 1.54) is 0 Å². The molecule has 24 heavy (non-hydrogen) atoms. The molecule has 0 radical (unpaired) electrons. The van der Waals surface area contributed by atoms with E-state index in [2.05, 4.69) is 10.4 Å². The predicted molar refractivity (Wildman–Crippen MR) is 91.6 cm³/mol. The van der Waals surface area contributed by atoms with Gasteiger partial charge in [-0.25, -0.2) is 4.79 Å². The maximum absolute atomic E-state index is 12.3. The summed E-state index contributed by atoms with van der Waals surface area (Å²) in [6.07, 6.45) is 3.83. The number of imidazole rings is 1. The molecule has 1 aromatic carbocycles. The Morgan fingerprint density at radius 3 is 2.71 bits per heavy atom. The second-order valence-corrected chi connectivity index (χ2v) is 5.93. The van der Waals surface area contributed by atoms with Crippen LogP contribution in [0.4, 0.5) is 0 Å². The van der Waals surface area contributed by atoms with Crippen molar-refractivity contribution < 1.29 is 4.79 Å². The number of nitrogens with one attached hydrogen (secondary N) is 1. The molecular formula is C17H21N5O2. The number of hydrogen-bond donors (Lipinski definition) is 1. The Balaban J connectivity index is 1.62. The van der Waals surface area contributed by atoms with Crippen molar-refractivity contribution in [2.24, 2.45) is 7.05 Å². The summed E-state index contributed by atoms with van der Waals surface area (Å²) in [5.74, 6) is -0.0745. The highest BCUT2D eigenvalue weighted by Gasteiger charge is 2.13. The Labute approximate surface area is 139 Å². The van der Waals surface area contributed by atoms with Crippen molar-refractivity contribution in [3.8, 4) is 0 Å². The number of hydrogen-bond acceptors (Lipinski definition) is 3. The number of aryl methyl sites for hydroxylation is 2. The molecule has 3 aromatic rings. The average molecular weight is 327 g/mol. The number of carbonyl (C=O) groups is 1. The first-order chi connectivity index (χ1) is 11.6. The van der Waals surface area contributed by atoms with Gasteiger partial charge in [0, 0.05) is 38.4 Å². The van der Waals surface area contributed by atoms with E-state index in [1.54, 1.807) is 27.1 Å². The minimum absolute atomic E-state index is 0.0263. The number of nitrogens with zero attached hydrogens (tertiary/aromatic N) is 4. The highest BCUT2D eigenvalue weighted by Crippen LogP contribution is 2.11. The van der Waals surface area contributed by atoms with Gasteiger partial charge < -0.3 is 5.32 Å². The van der Waals surface area contributed by atoms with Crippen molar-refractivity contribution in [3.05, 3.63) is 53.2 Å². The molecule has 0 aliphatic carbocycles. The molecule has 2 heterocycles. The number of rotatable bonds is 6. The van der Waals surface area contributed by atoms with Crippen molar-refractivity contribution in [3.63, 3.8) is 0 Å². The Morgan fingerprint density at radius 2 is 2.00 bits per heavy atom. The highest BCUT2D eigenvalue weighted by molar-refractivity contribution is 5.78. The van der Waals surface area contributed by atoms with Crippen molar-refractivity contribution in [1.82, 2.24) is 24.2 Å². The van der Waals surface area contributed by atoms with Crippen LogP contribution in [0.15, 0.2) is 47.5 Å². The van der Waals surface area contributed by atoms with Gasteiger partial charge in [-0.3, -0.25) is 18.6 Å². The third-order valence-electron chi connectivity index (χ3n) is 4.04. The molecule has 0 bridgehead atoms. The van der Waals surface area contributed by atoms with E-state index in [9.17, 15) is 9.59 Å². The summed E-state index contributed by atoms with van der Waals surface area (Å²) in [6.45, 7) is 2.91. The molecule has 1 N–H and O–H groups in total. The molecule has 0 spiro atoms. The monoisotopic (exact) mass is 327 g/mol. The first-order valence-corrected chi connectivity index (χ1v) is 7.97. The number of fused-ring (bicyclic) bond motifs is 1. The van der Waals surface area contributed by atoms with Gasteiger partial charge in [0.25, 0.3) is 0 Å². The predicted octanol–water partition coefficient (Wildman–Crippen LogP) is 1.13. The molecule has 0 aliphatic rings. The van der Waals surface area contributed by atoms with Crippen molar-refractivity contribution >= 4 is 16.9 Å². The van der Waals surface area contributed by atoms with E-state index in [1.807, 2.05) is 43.5 Å². The third kappa shape index (κ3) is 3.24. The van der Waals surface area contributed by atoms with Gasteiger partial charge in [-0.15, -0.1) is 0 Å². The summed E-state index contributed by atoms with van der Waals surface area (Å²) in [7, 11) is 1.74. The molecule has 0 unspecified atom stereocenters. The lowest BCUT2D eigenvalue weighted by molar-refractivity contribution is -0.122. The van der Waals surface area contributed by atoms with E-state index in [-0.39, 0.29) is 24.1 Å². The van der Waals surface area contributed by atoms with E-state index >= 15 is 0 Å². The summed E-state index contributed by atoms with van der Waals surface area (Å²) in [5, 5.41) is 7.06. The zero-order chi connectivity index (χ0) is 17.1. The number of para-hydroxylation sites is 2. The van der Waals surface area contributed by atoms with E-state index in [0.717, 1.165) is 11.0 Å². The molecule has 3 rings (SSSR count). The SMILES string of the molecule is C[C@@H](Cn1cccn1)NC(=O)CCn1c(=O)n(C)c2ccccc21. The number of carbonyl (C=O) groups excluding carboxylic acids is 1. The van der Waals surface area contributed by atoms with Gasteiger partial charge in [0.15, 0.2) is 0 Å². The molecule has 0 saturated heterocycles. The van der Waals surface area contributed by atoms with Crippen LogP contribution in [0, 0.1) is 0 Å². The lowest BCUT2D eigenvalue weighted by Crippen LogP contribution is -2.36. The van der Waals surface area contributed by atoms with Gasteiger partial charge in [0.1, 0.15) is 0 Å². The van der Waals surface area contributed by atoms with Gasteiger partial charge in [-0.05, 0) is 25.1 Å². The number of benzene rings is 1. The fraction of sp³-hybridized carbons (Fsp3) is 0.353. The summed E-state index contributed by atoms with van der Waals surface area (Å²) < 4.78 is 5.03. The minimum atomic E-state index is -0.103. The molecule has 1 atom stereocenters. The standard InChI is InChI=1S/C17H21N5O2/c1-13(12-21-10-5-9-18-21)19-16(23)8-11-22-15-7-4-3-6-14(15)20(2)17(22)24/h3-7,9-10,13H,8,11-12H2,1-2H3,(H,19,23)/t13-/m0/s1. The Bertz CT molecular complexity index is 891. The number of amides is 1. The van der Waals surface area contributed by atoms with Gasteiger partial charge in [0.05, 0.1) is 17.6 Å². The van der Waals surface area contributed by atoms with Crippen LogP contribution in [-0.4, -0.2) is 30.9 Å². The van der Waals surface area contributed by atoms with Crippen LogP contribution < -0.4 is 11.0 Å². The van der Waals surface area contributed by atoms with Gasteiger partial charge in [-0.2, -0.15) is 5.10 Å². The molecular weight excluding hydrogens is 306 g/mol. The number of aromatic nitrogens is 4. The molecule has 0 fully saturated rings. The van der Waals surface area contributed by atoms with Crippen molar-refractivity contribution in [2.45, 2.75) is 32.5 Å². The van der Waals surface area contributed by atoms with E-state index < -0.39 is 0 Å². The lowest BCUT2D eigenvalue weighted by atomic mass is 10.3. The summed E-state index contributed by atoms with van der Waals surface area (Å²) in [5.41, 5.74) is 1.62. The van der Waals surface area contributed by atoms with Crippen LogP contribution >= 0.6 is 0 Å². The topological polar surface area (TPSA) is 73.8 Å². The van der Waals surface area contributed by atoms with Crippen LogP contribution in [0.5, 0.6) is 0 Å².